The highest BCUT2D eigenvalue weighted by molar-refractivity contribution is 6.04. The van der Waals surface area contributed by atoms with Gasteiger partial charge < -0.3 is 15.3 Å². The maximum Gasteiger partial charge on any atom is 0.190 e. The average molecular weight is 374 g/mol. The van der Waals surface area contributed by atoms with Crippen molar-refractivity contribution in [3.05, 3.63) is 23.3 Å². The molecule has 4 saturated carbocycles. The van der Waals surface area contributed by atoms with Crippen LogP contribution < -0.4 is 0 Å². The van der Waals surface area contributed by atoms with Gasteiger partial charge in [-0.2, -0.15) is 0 Å². The zero-order valence-electron chi connectivity index (χ0n) is 15.2. The smallest absolute Gasteiger partial charge is 0.190 e. The molecule has 0 aromatic heterocycles. The number of hydrogen-bond donors (Lipinski definition) is 3. The molecular weight excluding hydrogens is 344 g/mol. The Morgan fingerprint density at radius 1 is 1.26 bits per heavy atom. The summed E-state index contributed by atoms with van der Waals surface area (Å²) in [4.78, 5) is 24.2. The standard InChI is InChI=1S/C21H26O5.CH4/c1-19-8-16(24)18-12(13(19)3-4-21(19,26)17(25)9-22)7-11-14-5-10(23)6-15(11)20(14,18)2;/h5-6,11-13,16,18,22,24,26H,3-4,7-9H2,1-2H3;1H4/t11?,12-,13-,16-,18+,19-,20?,21-;/m0./s1. The SMILES string of the molecule is C.CC12C3=CC(=O)C=C1C3C[C@@H]1[C@@H]2[C@@H](O)C[C@@]2(C)[C@H]1CC[C@]2(O)C(=O)CO. The van der Waals surface area contributed by atoms with Gasteiger partial charge in [-0.3, -0.25) is 9.59 Å². The molecule has 4 fully saturated rings. The van der Waals surface area contributed by atoms with E-state index in [0.29, 0.717) is 12.8 Å². The molecule has 3 N–H and O–H groups in total. The predicted octanol–water partition coefficient (Wildman–Crippen LogP) is 1.80. The van der Waals surface area contributed by atoms with E-state index in [1.807, 2.05) is 6.92 Å². The monoisotopic (exact) mass is 374 g/mol. The first-order chi connectivity index (χ1) is 12.2. The molecule has 0 heterocycles. The third-order valence-electron chi connectivity index (χ3n) is 8.93. The maximum atomic E-state index is 12.4. The van der Waals surface area contributed by atoms with Crippen molar-refractivity contribution in [2.24, 2.45) is 34.5 Å². The number of ketones is 2. The number of carbonyl (C=O) groups is 2. The number of rotatable bonds is 2. The van der Waals surface area contributed by atoms with Crippen LogP contribution in [0.25, 0.3) is 0 Å². The molecule has 5 heteroatoms. The van der Waals surface area contributed by atoms with Gasteiger partial charge in [-0.25, -0.2) is 0 Å². The molecule has 0 aliphatic heterocycles. The Labute approximate surface area is 160 Å². The summed E-state index contributed by atoms with van der Waals surface area (Å²) in [7, 11) is 0. The second kappa shape index (κ2) is 5.40. The second-order valence-corrected chi connectivity index (χ2v) is 9.56. The van der Waals surface area contributed by atoms with Gasteiger partial charge in [0.05, 0.1) is 6.10 Å². The van der Waals surface area contributed by atoms with E-state index in [9.17, 15) is 24.9 Å². The fraction of sp³-hybridized carbons (Fsp3) is 0.727. The largest absolute Gasteiger partial charge is 0.393 e. The van der Waals surface area contributed by atoms with Gasteiger partial charge in [0.2, 0.25) is 0 Å². The minimum absolute atomic E-state index is 0. The fourth-order valence-corrected chi connectivity index (χ4v) is 7.83. The van der Waals surface area contributed by atoms with Gasteiger partial charge in [0.1, 0.15) is 12.2 Å². The lowest BCUT2D eigenvalue weighted by Gasteiger charge is -2.69. The molecular formula is C22H30O5. The van der Waals surface area contributed by atoms with Crippen LogP contribution >= 0.6 is 0 Å². The third-order valence-corrected chi connectivity index (χ3v) is 8.93. The predicted molar refractivity (Wildman–Crippen MR) is 99.6 cm³/mol. The minimum atomic E-state index is -1.55. The van der Waals surface area contributed by atoms with E-state index in [4.69, 9.17) is 0 Å². The van der Waals surface area contributed by atoms with E-state index in [1.165, 1.54) is 11.1 Å². The lowest BCUT2D eigenvalue weighted by Crippen LogP contribution is -2.67. The summed E-state index contributed by atoms with van der Waals surface area (Å²) >= 11 is 0. The zero-order chi connectivity index (χ0) is 18.6. The summed E-state index contributed by atoms with van der Waals surface area (Å²) in [6, 6.07) is 0. The molecule has 0 spiro atoms. The van der Waals surface area contributed by atoms with Gasteiger partial charge in [0, 0.05) is 22.7 Å². The normalized spacial score (nSPS) is 51.9. The molecule has 4 bridgehead atoms. The van der Waals surface area contributed by atoms with Crippen LogP contribution in [0, 0.1) is 34.5 Å². The molecule has 0 aromatic rings. The van der Waals surface area contributed by atoms with Crippen molar-refractivity contribution in [2.75, 3.05) is 6.61 Å². The fourth-order valence-electron chi connectivity index (χ4n) is 7.83. The summed E-state index contributed by atoms with van der Waals surface area (Å²) in [6.07, 6.45) is 5.22. The number of allylic oxidation sites excluding steroid dienone is 4. The van der Waals surface area contributed by atoms with Crippen LogP contribution in [0.2, 0.25) is 0 Å². The summed E-state index contributed by atoms with van der Waals surface area (Å²) < 4.78 is 0. The number of carbonyl (C=O) groups excluding carboxylic acids is 2. The lowest BCUT2D eigenvalue weighted by molar-refractivity contribution is -0.187. The van der Waals surface area contributed by atoms with Crippen LogP contribution in [0.1, 0.15) is 47.0 Å². The zero-order valence-corrected chi connectivity index (χ0v) is 15.2. The first-order valence-electron chi connectivity index (χ1n) is 9.71. The summed E-state index contributed by atoms with van der Waals surface area (Å²) in [6.45, 7) is 3.41. The van der Waals surface area contributed by atoms with E-state index >= 15 is 0 Å². The number of aliphatic hydroxyl groups is 3. The Hall–Kier alpha value is -1.30. The van der Waals surface area contributed by atoms with E-state index < -0.39 is 29.5 Å². The van der Waals surface area contributed by atoms with Crippen molar-refractivity contribution in [3.8, 4) is 0 Å². The van der Waals surface area contributed by atoms with Crippen LogP contribution in [0.15, 0.2) is 23.3 Å². The average Bonchev–Trinajstić information content (AvgIpc) is 2.87. The van der Waals surface area contributed by atoms with Crippen molar-refractivity contribution in [1.82, 2.24) is 0 Å². The number of Topliss-reactive ketones (excluding diaryl/α,β-unsaturated/α-hetero) is 1. The first kappa shape index (κ1) is 19.0. The lowest BCUT2D eigenvalue weighted by atomic mass is 9.35. The Bertz CT molecular complexity index is 771. The van der Waals surface area contributed by atoms with Crippen molar-refractivity contribution < 1.29 is 24.9 Å². The molecule has 27 heavy (non-hydrogen) atoms. The number of aliphatic hydroxyl groups excluding tert-OH is 2. The van der Waals surface area contributed by atoms with E-state index in [-0.39, 0.29) is 42.3 Å². The molecule has 0 aromatic carbocycles. The topological polar surface area (TPSA) is 94.8 Å². The van der Waals surface area contributed by atoms with Crippen molar-refractivity contribution in [1.29, 1.82) is 0 Å². The molecule has 0 saturated heterocycles. The van der Waals surface area contributed by atoms with Crippen molar-refractivity contribution in [3.63, 3.8) is 0 Å². The van der Waals surface area contributed by atoms with Crippen LogP contribution in [-0.2, 0) is 9.59 Å². The van der Waals surface area contributed by atoms with Gasteiger partial charge >= 0.3 is 0 Å². The van der Waals surface area contributed by atoms with Crippen molar-refractivity contribution >= 4 is 11.6 Å². The molecule has 0 amide bonds. The molecule has 5 aliphatic rings. The Balaban J connectivity index is 0.00000180. The van der Waals surface area contributed by atoms with Gasteiger partial charge in [-0.15, -0.1) is 0 Å². The van der Waals surface area contributed by atoms with E-state index in [0.717, 1.165) is 12.8 Å². The van der Waals surface area contributed by atoms with Gasteiger partial charge in [-0.05, 0) is 60.8 Å². The third kappa shape index (κ3) is 1.86. The molecule has 0 radical (unpaired) electrons. The maximum absolute atomic E-state index is 12.4. The number of fused-ring (bicyclic) bond motifs is 4. The van der Waals surface area contributed by atoms with E-state index in [1.54, 1.807) is 12.2 Å². The van der Waals surface area contributed by atoms with E-state index in [2.05, 4.69) is 6.92 Å². The quantitative estimate of drug-likeness (QED) is 0.685. The highest BCUT2D eigenvalue weighted by Crippen LogP contribution is 2.75. The molecule has 6 atom stereocenters. The van der Waals surface area contributed by atoms with Crippen molar-refractivity contribution in [2.45, 2.75) is 58.7 Å². The van der Waals surface area contributed by atoms with Crippen LogP contribution in [-0.4, -0.2) is 45.2 Å². The highest BCUT2D eigenvalue weighted by atomic mass is 16.3. The van der Waals surface area contributed by atoms with Gasteiger partial charge in [0.15, 0.2) is 11.6 Å². The molecule has 5 nitrogen and oxygen atoms in total. The Morgan fingerprint density at radius 3 is 2.48 bits per heavy atom. The van der Waals surface area contributed by atoms with Gasteiger partial charge in [0.25, 0.3) is 0 Å². The number of hydrogen-bond acceptors (Lipinski definition) is 5. The summed E-state index contributed by atoms with van der Waals surface area (Å²) in [5.41, 5.74) is -0.164. The van der Waals surface area contributed by atoms with Crippen LogP contribution in [0.3, 0.4) is 0 Å². The Morgan fingerprint density at radius 2 is 1.89 bits per heavy atom. The van der Waals surface area contributed by atoms with Gasteiger partial charge in [-0.1, -0.05) is 21.3 Å². The molecule has 5 aliphatic carbocycles. The Kier molecular flexibility index (Phi) is 3.81. The molecule has 0 unspecified atom stereocenters. The van der Waals surface area contributed by atoms with Crippen LogP contribution in [0.5, 0.6) is 0 Å². The second-order valence-electron chi connectivity index (χ2n) is 9.56. The summed E-state index contributed by atoms with van der Waals surface area (Å²) in [5, 5.41) is 31.7. The van der Waals surface area contributed by atoms with Crippen LogP contribution in [0.4, 0.5) is 0 Å². The molecule has 5 rings (SSSR count). The molecule has 148 valence electrons. The minimum Gasteiger partial charge on any atom is -0.393 e. The summed E-state index contributed by atoms with van der Waals surface area (Å²) in [5.74, 6) is 0.228. The highest BCUT2D eigenvalue weighted by Gasteiger charge is 2.72. The first-order valence-corrected chi connectivity index (χ1v) is 9.71.